The van der Waals surface area contributed by atoms with Crippen LogP contribution < -0.4 is 10.9 Å². The van der Waals surface area contributed by atoms with Gasteiger partial charge in [0.2, 0.25) is 5.91 Å². The van der Waals surface area contributed by atoms with E-state index in [4.69, 9.17) is 10.2 Å². The summed E-state index contributed by atoms with van der Waals surface area (Å²) in [5, 5.41) is 12.7. The molecule has 6 nitrogen and oxygen atoms in total. The number of benzene rings is 1. The Morgan fingerprint density at radius 1 is 1.37 bits per heavy atom. The van der Waals surface area contributed by atoms with Crippen molar-refractivity contribution in [2.75, 3.05) is 5.32 Å². The highest BCUT2D eigenvalue weighted by Gasteiger charge is 2.25. The fourth-order valence-electron chi connectivity index (χ4n) is 3.65. The fourth-order valence-corrected chi connectivity index (χ4v) is 5.89. The van der Waals surface area contributed by atoms with Gasteiger partial charge in [0.25, 0.3) is 5.56 Å². The van der Waals surface area contributed by atoms with Crippen LogP contribution in [0.2, 0.25) is 0 Å². The van der Waals surface area contributed by atoms with E-state index in [1.807, 2.05) is 13.8 Å². The third-order valence-corrected chi connectivity index (χ3v) is 7.45. The van der Waals surface area contributed by atoms with E-state index in [9.17, 15) is 9.59 Å². The second-order valence-corrected chi connectivity index (χ2v) is 9.72. The lowest BCUT2D eigenvalue weighted by Gasteiger charge is -2.15. The van der Waals surface area contributed by atoms with E-state index in [0.29, 0.717) is 23.0 Å². The van der Waals surface area contributed by atoms with Gasteiger partial charge in [0, 0.05) is 17.1 Å². The van der Waals surface area contributed by atoms with Gasteiger partial charge in [0.15, 0.2) is 5.16 Å². The predicted octanol–water partition coefficient (Wildman–Crippen LogP) is 4.35. The largest absolute Gasteiger partial charge is 0.325 e. The molecule has 8 heteroatoms. The van der Waals surface area contributed by atoms with Crippen LogP contribution in [0.15, 0.2) is 34.2 Å². The zero-order valence-corrected chi connectivity index (χ0v) is 18.5. The van der Waals surface area contributed by atoms with Crippen LogP contribution in [-0.2, 0) is 24.2 Å². The quantitative estimate of drug-likeness (QED) is 0.457. The summed E-state index contributed by atoms with van der Waals surface area (Å²) in [6, 6.07) is 8.80. The molecule has 0 aliphatic heterocycles. The standard InChI is InChI=1S/C22H22N4O2S2/c1-3-11-26-21(28)18-16-5-4-6-17(16)30-20(18)25-22(26)29-13(2)19(27)24-15-9-7-14(12-23)8-10-15/h7-10,13H,3-6,11H2,1-2H3,(H,24,27). The van der Waals surface area contributed by atoms with Gasteiger partial charge in [-0.2, -0.15) is 5.26 Å². The number of rotatable bonds is 6. The lowest BCUT2D eigenvalue weighted by molar-refractivity contribution is -0.115. The van der Waals surface area contributed by atoms with Crippen molar-refractivity contribution < 1.29 is 4.79 Å². The monoisotopic (exact) mass is 438 g/mol. The van der Waals surface area contributed by atoms with Gasteiger partial charge < -0.3 is 5.32 Å². The molecule has 1 aliphatic rings. The van der Waals surface area contributed by atoms with Crippen molar-refractivity contribution in [1.82, 2.24) is 9.55 Å². The first-order chi connectivity index (χ1) is 14.5. The van der Waals surface area contributed by atoms with Crippen LogP contribution in [0.3, 0.4) is 0 Å². The van der Waals surface area contributed by atoms with Crippen molar-refractivity contribution in [3.8, 4) is 6.07 Å². The Morgan fingerprint density at radius 3 is 2.83 bits per heavy atom. The molecule has 1 unspecified atom stereocenters. The Kier molecular flexibility index (Phi) is 5.93. The first kappa shape index (κ1) is 20.6. The minimum absolute atomic E-state index is 0.0171. The van der Waals surface area contributed by atoms with E-state index in [-0.39, 0.29) is 11.5 Å². The predicted molar refractivity (Wildman–Crippen MR) is 121 cm³/mol. The van der Waals surface area contributed by atoms with Crippen LogP contribution in [0.4, 0.5) is 5.69 Å². The zero-order valence-electron chi connectivity index (χ0n) is 16.9. The number of fused-ring (bicyclic) bond motifs is 3. The van der Waals surface area contributed by atoms with Gasteiger partial charge in [-0.05, 0) is 62.4 Å². The molecule has 3 aromatic rings. The Hall–Kier alpha value is -2.63. The van der Waals surface area contributed by atoms with Crippen molar-refractivity contribution >= 4 is 44.9 Å². The van der Waals surface area contributed by atoms with Crippen molar-refractivity contribution in [2.45, 2.75) is 56.5 Å². The molecule has 1 amide bonds. The average molecular weight is 439 g/mol. The van der Waals surface area contributed by atoms with Crippen molar-refractivity contribution in [1.29, 1.82) is 5.26 Å². The lowest BCUT2D eigenvalue weighted by atomic mass is 10.2. The highest BCUT2D eigenvalue weighted by atomic mass is 32.2. The summed E-state index contributed by atoms with van der Waals surface area (Å²) in [6.07, 6.45) is 3.90. The van der Waals surface area contributed by atoms with Gasteiger partial charge in [-0.3, -0.25) is 14.2 Å². The van der Waals surface area contributed by atoms with E-state index >= 15 is 0 Å². The molecule has 0 fully saturated rings. The Morgan fingerprint density at radius 2 is 2.13 bits per heavy atom. The molecule has 0 spiro atoms. The number of aryl methyl sites for hydroxylation is 2. The number of carbonyl (C=O) groups is 1. The topological polar surface area (TPSA) is 87.8 Å². The van der Waals surface area contributed by atoms with Crippen LogP contribution in [0.5, 0.6) is 0 Å². The van der Waals surface area contributed by atoms with Crippen LogP contribution in [-0.4, -0.2) is 20.7 Å². The molecule has 30 heavy (non-hydrogen) atoms. The van der Waals surface area contributed by atoms with Gasteiger partial charge in [0.1, 0.15) is 4.83 Å². The number of aromatic nitrogens is 2. The zero-order chi connectivity index (χ0) is 21.3. The summed E-state index contributed by atoms with van der Waals surface area (Å²) < 4.78 is 1.73. The number of thiophene rings is 1. The number of thioether (sulfide) groups is 1. The molecule has 1 atom stereocenters. The molecular weight excluding hydrogens is 416 g/mol. The first-order valence-corrected chi connectivity index (χ1v) is 11.7. The first-order valence-electron chi connectivity index (χ1n) is 10.0. The van der Waals surface area contributed by atoms with E-state index < -0.39 is 5.25 Å². The number of hydrogen-bond donors (Lipinski definition) is 1. The summed E-state index contributed by atoms with van der Waals surface area (Å²) >= 11 is 2.93. The molecule has 0 radical (unpaired) electrons. The Bertz CT molecular complexity index is 1210. The maximum absolute atomic E-state index is 13.3. The van der Waals surface area contributed by atoms with Crippen molar-refractivity contribution in [2.24, 2.45) is 0 Å². The number of nitrogens with zero attached hydrogens (tertiary/aromatic N) is 3. The summed E-state index contributed by atoms with van der Waals surface area (Å²) in [4.78, 5) is 32.8. The van der Waals surface area contributed by atoms with E-state index in [0.717, 1.165) is 35.9 Å². The van der Waals surface area contributed by atoms with Gasteiger partial charge >= 0.3 is 0 Å². The highest BCUT2D eigenvalue weighted by Crippen LogP contribution is 2.36. The van der Waals surface area contributed by atoms with Crippen LogP contribution in [0, 0.1) is 11.3 Å². The summed E-state index contributed by atoms with van der Waals surface area (Å²) in [6.45, 7) is 4.42. The Balaban J connectivity index is 1.60. The summed E-state index contributed by atoms with van der Waals surface area (Å²) in [7, 11) is 0. The van der Waals surface area contributed by atoms with Gasteiger partial charge in [-0.1, -0.05) is 18.7 Å². The van der Waals surface area contributed by atoms with E-state index in [1.165, 1.54) is 22.2 Å². The number of amides is 1. The van der Waals surface area contributed by atoms with Gasteiger partial charge in [-0.25, -0.2) is 4.98 Å². The van der Waals surface area contributed by atoms with E-state index in [2.05, 4.69) is 11.4 Å². The molecule has 1 aromatic carbocycles. The molecule has 154 valence electrons. The number of nitrogens with one attached hydrogen (secondary N) is 1. The molecule has 2 aromatic heterocycles. The van der Waals surface area contributed by atoms with Gasteiger partial charge in [0.05, 0.1) is 22.3 Å². The fraction of sp³-hybridized carbons (Fsp3) is 0.364. The normalized spacial score (nSPS) is 13.8. The number of anilines is 1. The van der Waals surface area contributed by atoms with Crippen molar-refractivity contribution in [3.63, 3.8) is 0 Å². The Labute approximate surface area is 182 Å². The third kappa shape index (κ3) is 3.87. The summed E-state index contributed by atoms with van der Waals surface area (Å²) in [5.74, 6) is -0.171. The molecule has 0 saturated heterocycles. The van der Waals surface area contributed by atoms with Crippen LogP contribution >= 0.6 is 23.1 Å². The maximum Gasteiger partial charge on any atom is 0.263 e. The molecule has 1 N–H and O–H groups in total. The number of hydrogen-bond acceptors (Lipinski definition) is 6. The van der Waals surface area contributed by atoms with Gasteiger partial charge in [-0.15, -0.1) is 11.3 Å². The highest BCUT2D eigenvalue weighted by molar-refractivity contribution is 8.00. The average Bonchev–Trinajstić information content (AvgIpc) is 3.32. The molecule has 0 bridgehead atoms. The minimum atomic E-state index is -0.431. The number of carbonyl (C=O) groups excluding carboxylic acids is 1. The summed E-state index contributed by atoms with van der Waals surface area (Å²) in [5.41, 5.74) is 2.37. The van der Waals surface area contributed by atoms with Crippen molar-refractivity contribution in [3.05, 3.63) is 50.6 Å². The SMILES string of the molecule is CCCn1c(SC(C)C(=O)Nc2ccc(C#N)cc2)nc2sc3c(c2c1=O)CCC3. The molecule has 4 rings (SSSR count). The second-order valence-electron chi connectivity index (χ2n) is 7.33. The lowest BCUT2D eigenvalue weighted by Crippen LogP contribution is -2.27. The molecule has 2 heterocycles. The second kappa shape index (κ2) is 8.62. The minimum Gasteiger partial charge on any atom is -0.325 e. The molecular formula is C22H22N4O2S2. The number of nitriles is 1. The van der Waals surface area contributed by atoms with Crippen LogP contribution in [0.1, 0.15) is 42.7 Å². The maximum atomic E-state index is 13.3. The molecule has 1 aliphatic carbocycles. The molecule has 0 saturated carbocycles. The van der Waals surface area contributed by atoms with Crippen LogP contribution in [0.25, 0.3) is 10.2 Å². The van der Waals surface area contributed by atoms with E-state index in [1.54, 1.807) is 40.2 Å². The third-order valence-electron chi connectivity index (χ3n) is 5.17. The smallest absolute Gasteiger partial charge is 0.263 e.